The van der Waals surface area contributed by atoms with Crippen LogP contribution in [0.3, 0.4) is 0 Å². The first-order valence-electron chi connectivity index (χ1n) is 3.66. The summed E-state index contributed by atoms with van der Waals surface area (Å²) >= 11 is 1.68. The van der Waals surface area contributed by atoms with Crippen molar-refractivity contribution in [3.63, 3.8) is 0 Å². The number of nitrogens with zero attached hydrogens (tertiary/aromatic N) is 1. The van der Waals surface area contributed by atoms with Gasteiger partial charge < -0.3 is 10.3 Å². The highest BCUT2D eigenvalue weighted by atomic mass is 32.2. The third-order valence-corrected chi connectivity index (χ3v) is 2.38. The van der Waals surface area contributed by atoms with Gasteiger partial charge in [-0.1, -0.05) is 19.0 Å². The Morgan fingerprint density at radius 1 is 1.55 bits per heavy atom. The molecule has 1 aromatic heterocycles. The van der Waals surface area contributed by atoms with Crippen LogP contribution in [0.1, 0.15) is 19.5 Å². The molecule has 0 aliphatic carbocycles. The molecule has 0 amide bonds. The third-order valence-electron chi connectivity index (χ3n) is 1.36. The maximum Gasteiger partial charge on any atom is 0.236 e. The number of thioether (sulfide) groups is 1. The molecular formula is C7H12N2OS. The van der Waals surface area contributed by atoms with Gasteiger partial charge in [-0.3, -0.25) is 0 Å². The first kappa shape index (κ1) is 8.46. The molecule has 0 aromatic carbocycles. The van der Waals surface area contributed by atoms with Crippen molar-refractivity contribution in [1.29, 1.82) is 0 Å². The van der Waals surface area contributed by atoms with Crippen molar-refractivity contribution < 1.29 is 4.52 Å². The summed E-state index contributed by atoms with van der Waals surface area (Å²) in [4.78, 5) is 1.01. The average Bonchev–Trinajstić information content (AvgIpc) is 2.34. The summed E-state index contributed by atoms with van der Waals surface area (Å²) in [6, 6.07) is 0. The zero-order valence-corrected chi connectivity index (χ0v) is 7.57. The van der Waals surface area contributed by atoms with Gasteiger partial charge in [-0.05, 0) is 12.2 Å². The number of rotatable bonds is 3. The highest BCUT2D eigenvalue weighted by Gasteiger charge is 2.10. The molecule has 0 fully saturated rings. The van der Waals surface area contributed by atoms with Gasteiger partial charge >= 0.3 is 0 Å². The predicted molar refractivity (Wildman–Crippen MR) is 46.7 cm³/mol. The quantitative estimate of drug-likeness (QED) is 0.708. The van der Waals surface area contributed by atoms with Gasteiger partial charge in [0, 0.05) is 0 Å². The van der Waals surface area contributed by atoms with Gasteiger partial charge in [0.05, 0.1) is 10.6 Å². The standard InChI is InChI=1S/C7H12N2OS/c1-3-5-6(11-4-2)7(8)10-9-5/h3-4,8H2,1-2H3. The molecule has 2 N–H and O–H groups in total. The lowest BCUT2D eigenvalue weighted by Gasteiger charge is -1.94. The van der Waals surface area contributed by atoms with Crippen molar-refractivity contribution in [2.24, 2.45) is 0 Å². The van der Waals surface area contributed by atoms with Gasteiger partial charge in [0.1, 0.15) is 0 Å². The summed E-state index contributed by atoms with van der Waals surface area (Å²) in [6.07, 6.45) is 0.878. The van der Waals surface area contributed by atoms with Crippen LogP contribution < -0.4 is 5.73 Å². The van der Waals surface area contributed by atoms with E-state index in [1.165, 1.54) is 0 Å². The van der Waals surface area contributed by atoms with Crippen molar-refractivity contribution >= 4 is 17.6 Å². The Bertz CT molecular complexity index is 234. The molecule has 0 aliphatic heterocycles. The number of aromatic nitrogens is 1. The van der Waals surface area contributed by atoms with Gasteiger partial charge in [0.2, 0.25) is 5.88 Å². The summed E-state index contributed by atoms with van der Waals surface area (Å²) < 4.78 is 4.85. The predicted octanol–water partition coefficient (Wildman–Crippen LogP) is 1.93. The zero-order chi connectivity index (χ0) is 8.27. The SMILES string of the molecule is CCSc1c(CC)noc1N. The maximum absolute atomic E-state index is 5.55. The van der Waals surface area contributed by atoms with Crippen LogP contribution in [0.4, 0.5) is 5.88 Å². The van der Waals surface area contributed by atoms with Crippen molar-refractivity contribution in [2.75, 3.05) is 11.5 Å². The Kier molecular flexibility index (Phi) is 2.82. The van der Waals surface area contributed by atoms with Crippen LogP contribution in [-0.2, 0) is 6.42 Å². The molecule has 62 valence electrons. The minimum absolute atomic E-state index is 0.453. The highest BCUT2D eigenvalue weighted by Crippen LogP contribution is 2.28. The van der Waals surface area contributed by atoms with E-state index in [0.717, 1.165) is 22.8 Å². The second-order valence-electron chi connectivity index (χ2n) is 2.11. The van der Waals surface area contributed by atoms with Crippen molar-refractivity contribution in [3.05, 3.63) is 5.69 Å². The van der Waals surface area contributed by atoms with Crippen LogP contribution >= 0.6 is 11.8 Å². The fraction of sp³-hybridized carbons (Fsp3) is 0.571. The molecule has 11 heavy (non-hydrogen) atoms. The minimum Gasteiger partial charge on any atom is -0.367 e. The number of nitrogen functional groups attached to an aromatic ring is 1. The Labute approximate surface area is 70.3 Å². The second-order valence-corrected chi connectivity index (χ2v) is 3.38. The van der Waals surface area contributed by atoms with E-state index >= 15 is 0 Å². The molecule has 0 saturated carbocycles. The molecule has 0 aliphatic rings. The lowest BCUT2D eigenvalue weighted by molar-refractivity contribution is 0.428. The summed E-state index contributed by atoms with van der Waals surface area (Å²) in [7, 11) is 0. The Hall–Kier alpha value is -0.640. The van der Waals surface area contributed by atoms with Crippen molar-refractivity contribution in [3.8, 4) is 0 Å². The molecule has 0 saturated heterocycles. The molecule has 4 heteroatoms. The van der Waals surface area contributed by atoms with Crippen molar-refractivity contribution in [2.45, 2.75) is 25.2 Å². The molecule has 0 bridgehead atoms. The van der Waals surface area contributed by atoms with Crippen molar-refractivity contribution in [1.82, 2.24) is 5.16 Å². The molecule has 1 aromatic rings. The monoisotopic (exact) mass is 172 g/mol. The van der Waals surface area contributed by atoms with E-state index in [-0.39, 0.29) is 0 Å². The second kappa shape index (κ2) is 3.67. The van der Waals surface area contributed by atoms with E-state index in [1.54, 1.807) is 11.8 Å². The fourth-order valence-electron chi connectivity index (χ4n) is 0.853. The van der Waals surface area contributed by atoms with E-state index in [1.807, 2.05) is 6.92 Å². The lowest BCUT2D eigenvalue weighted by Crippen LogP contribution is -1.86. The van der Waals surface area contributed by atoms with E-state index in [9.17, 15) is 0 Å². The summed E-state index contributed by atoms with van der Waals surface area (Å²) in [5.74, 6) is 1.45. The number of hydrogen-bond donors (Lipinski definition) is 1. The average molecular weight is 172 g/mol. The lowest BCUT2D eigenvalue weighted by atomic mass is 10.3. The Morgan fingerprint density at radius 3 is 2.82 bits per heavy atom. The normalized spacial score (nSPS) is 10.4. The van der Waals surface area contributed by atoms with Gasteiger partial charge in [0.25, 0.3) is 0 Å². The molecule has 1 heterocycles. The van der Waals surface area contributed by atoms with E-state index in [2.05, 4.69) is 12.1 Å². The van der Waals surface area contributed by atoms with Crippen LogP contribution in [0, 0.1) is 0 Å². The number of aryl methyl sites for hydroxylation is 1. The minimum atomic E-state index is 0.453. The molecule has 0 atom stereocenters. The summed E-state index contributed by atoms with van der Waals surface area (Å²) in [5.41, 5.74) is 6.52. The van der Waals surface area contributed by atoms with E-state index < -0.39 is 0 Å². The summed E-state index contributed by atoms with van der Waals surface area (Å²) in [5, 5.41) is 3.83. The van der Waals surface area contributed by atoms with E-state index in [0.29, 0.717) is 5.88 Å². The number of anilines is 1. The Balaban J connectivity index is 2.88. The van der Waals surface area contributed by atoms with Gasteiger partial charge in [-0.25, -0.2) is 0 Å². The highest BCUT2D eigenvalue weighted by molar-refractivity contribution is 7.99. The largest absolute Gasteiger partial charge is 0.367 e. The van der Waals surface area contributed by atoms with E-state index in [4.69, 9.17) is 10.3 Å². The molecule has 0 spiro atoms. The fourth-order valence-corrected chi connectivity index (χ4v) is 1.67. The number of hydrogen-bond acceptors (Lipinski definition) is 4. The third kappa shape index (κ3) is 1.68. The first-order chi connectivity index (χ1) is 5.29. The van der Waals surface area contributed by atoms with Crippen LogP contribution in [0.25, 0.3) is 0 Å². The maximum atomic E-state index is 5.55. The first-order valence-corrected chi connectivity index (χ1v) is 4.65. The van der Waals surface area contributed by atoms with Gasteiger partial charge in [-0.15, -0.1) is 11.8 Å². The molecule has 3 nitrogen and oxygen atoms in total. The number of nitrogens with two attached hydrogens (primary N) is 1. The van der Waals surface area contributed by atoms with Crippen LogP contribution in [-0.4, -0.2) is 10.9 Å². The molecular weight excluding hydrogens is 160 g/mol. The van der Waals surface area contributed by atoms with Gasteiger partial charge in [0.15, 0.2) is 0 Å². The van der Waals surface area contributed by atoms with Crippen LogP contribution in [0.2, 0.25) is 0 Å². The topological polar surface area (TPSA) is 52.0 Å². The molecule has 1 rings (SSSR count). The molecule has 0 unspecified atom stereocenters. The van der Waals surface area contributed by atoms with Crippen LogP contribution in [0.5, 0.6) is 0 Å². The Morgan fingerprint density at radius 2 is 2.27 bits per heavy atom. The zero-order valence-electron chi connectivity index (χ0n) is 6.76. The summed E-state index contributed by atoms with van der Waals surface area (Å²) in [6.45, 7) is 4.12. The smallest absolute Gasteiger partial charge is 0.236 e. The molecule has 0 radical (unpaired) electrons. The van der Waals surface area contributed by atoms with Gasteiger partial charge in [-0.2, -0.15) is 0 Å². The van der Waals surface area contributed by atoms with Crippen LogP contribution in [0.15, 0.2) is 9.42 Å².